The number of hydrogen-bond donors (Lipinski definition) is 3. The van der Waals surface area contributed by atoms with Gasteiger partial charge in [0.2, 0.25) is 0 Å². The molecule has 0 bridgehead atoms. The molecular weight excluding hydrogens is 470 g/mol. The number of amides is 3. The van der Waals surface area contributed by atoms with Gasteiger partial charge in [-0.3, -0.25) is 14.4 Å². The van der Waals surface area contributed by atoms with Crippen LogP contribution in [0, 0.1) is 0 Å². The Kier molecular flexibility index (Phi) is 6.56. The first-order chi connectivity index (χ1) is 15.3. The zero-order valence-corrected chi connectivity index (χ0v) is 19.5. The molecule has 2 aromatic heterocycles. The summed E-state index contributed by atoms with van der Waals surface area (Å²) in [6.45, 7) is 1.73. The highest BCUT2D eigenvalue weighted by atomic mass is 35.5. The quantitative estimate of drug-likeness (QED) is 0.491. The van der Waals surface area contributed by atoms with Crippen LogP contribution in [0.3, 0.4) is 0 Å². The lowest BCUT2D eigenvalue weighted by Crippen LogP contribution is -2.25. The number of nitrogens with two attached hydrogens (primary N) is 1. The Morgan fingerprint density at radius 1 is 1.19 bits per heavy atom. The van der Waals surface area contributed by atoms with Crippen LogP contribution in [-0.2, 0) is 19.5 Å². The fourth-order valence-corrected chi connectivity index (χ4v) is 5.43. The number of benzene rings is 1. The fourth-order valence-electron chi connectivity index (χ4n) is 3.39. The van der Waals surface area contributed by atoms with Crippen LogP contribution in [0.2, 0.25) is 4.34 Å². The number of carbonyl (C=O) groups excluding carboxylic acids is 3. The van der Waals surface area contributed by atoms with Gasteiger partial charge >= 0.3 is 0 Å². The van der Waals surface area contributed by atoms with Gasteiger partial charge in [0.15, 0.2) is 5.01 Å². The van der Waals surface area contributed by atoms with Crippen LogP contribution in [0.15, 0.2) is 30.3 Å². The van der Waals surface area contributed by atoms with E-state index in [0.29, 0.717) is 19.8 Å². The molecule has 4 N–H and O–H groups in total. The second-order valence-corrected chi connectivity index (χ2v) is 10.1. The van der Waals surface area contributed by atoms with Crippen molar-refractivity contribution in [2.45, 2.75) is 19.5 Å². The molecule has 0 radical (unpaired) electrons. The first-order valence-electron chi connectivity index (χ1n) is 9.75. The lowest BCUT2D eigenvalue weighted by atomic mass is 10.1. The van der Waals surface area contributed by atoms with Gasteiger partial charge in [0, 0.05) is 30.9 Å². The van der Waals surface area contributed by atoms with Crippen LogP contribution in [-0.4, -0.2) is 41.2 Å². The number of nitrogens with one attached hydrogen (secondary N) is 2. The van der Waals surface area contributed by atoms with Crippen LogP contribution < -0.4 is 16.4 Å². The number of carbonyl (C=O) groups is 3. The predicted octanol–water partition coefficient (Wildman–Crippen LogP) is 3.13. The van der Waals surface area contributed by atoms with Crippen molar-refractivity contribution in [1.29, 1.82) is 0 Å². The van der Waals surface area contributed by atoms with Crippen molar-refractivity contribution in [3.8, 4) is 0 Å². The third-order valence-corrected chi connectivity index (χ3v) is 7.32. The molecule has 1 aliphatic heterocycles. The maximum absolute atomic E-state index is 13.0. The molecule has 1 aliphatic rings. The first-order valence-corrected chi connectivity index (χ1v) is 11.8. The predicted molar refractivity (Wildman–Crippen MR) is 126 cm³/mol. The summed E-state index contributed by atoms with van der Waals surface area (Å²) in [4.78, 5) is 45.6. The standard InChI is InChI=1S/C21H20ClN5O3S2/c1-27-8-7-13-15(10-27)32-21(25-13)20(30)26-17-11(3-2-4-12(17)18(23)28)9-24-19(29)14-5-6-16(22)31-14/h2-6H,7-10H2,1H3,(H2,23,28)(H,24,29)(H,26,30). The minimum atomic E-state index is -0.682. The Bertz CT molecular complexity index is 1210. The Morgan fingerprint density at radius 2 is 2.00 bits per heavy atom. The van der Waals surface area contributed by atoms with Crippen LogP contribution in [0.1, 0.15) is 46.0 Å². The van der Waals surface area contributed by atoms with E-state index in [4.69, 9.17) is 17.3 Å². The van der Waals surface area contributed by atoms with E-state index in [1.165, 1.54) is 17.4 Å². The van der Waals surface area contributed by atoms with Gasteiger partial charge in [-0.15, -0.1) is 22.7 Å². The molecule has 0 saturated heterocycles. The summed E-state index contributed by atoms with van der Waals surface area (Å²) >= 11 is 8.40. The summed E-state index contributed by atoms with van der Waals surface area (Å²) in [5, 5.41) is 5.90. The average Bonchev–Trinajstić information content (AvgIpc) is 3.38. The lowest BCUT2D eigenvalue weighted by Gasteiger charge is -2.20. The average molecular weight is 490 g/mol. The Hall–Kier alpha value is -2.79. The molecule has 11 heteroatoms. The Morgan fingerprint density at radius 3 is 2.72 bits per heavy atom. The largest absolute Gasteiger partial charge is 0.366 e. The molecule has 0 spiro atoms. The second kappa shape index (κ2) is 9.37. The number of thiazole rings is 1. The van der Waals surface area contributed by atoms with Crippen molar-refractivity contribution in [3.05, 3.63) is 66.3 Å². The van der Waals surface area contributed by atoms with Crippen molar-refractivity contribution in [2.24, 2.45) is 5.73 Å². The van der Waals surface area contributed by atoms with E-state index < -0.39 is 11.8 Å². The van der Waals surface area contributed by atoms with Crippen molar-refractivity contribution >= 4 is 57.7 Å². The lowest BCUT2D eigenvalue weighted by molar-refractivity contribution is 0.0953. The first kappa shape index (κ1) is 22.4. The molecule has 0 unspecified atom stereocenters. The highest BCUT2D eigenvalue weighted by Gasteiger charge is 2.23. The number of rotatable bonds is 6. The highest BCUT2D eigenvalue weighted by molar-refractivity contribution is 7.18. The maximum atomic E-state index is 13.0. The monoisotopic (exact) mass is 489 g/mol. The van der Waals surface area contributed by atoms with Gasteiger partial charge in [-0.2, -0.15) is 0 Å². The number of fused-ring (bicyclic) bond motifs is 1. The van der Waals surface area contributed by atoms with Gasteiger partial charge in [-0.25, -0.2) is 4.98 Å². The summed E-state index contributed by atoms with van der Waals surface area (Å²) in [6, 6.07) is 8.17. The van der Waals surface area contributed by atoms with Gasteiger partial charge in [0.1, 0.15) is 0 Å². The summed E-state index contributed by atoms with van der Waals surface area (Å²) in [7, 11) is 2.02. The summed E-state index contributed by atoms with van der Waals surface area (Å²) in [6.07, 6.45) is 0.789. The van der Waals surface area contributed by atoms with E-state index in [2.05, 4.69) is 20.5 Å². The number of thiophene rings is 1. The van der Waals surface area contributed by atoms with E-state index in [-0.39, 0.29) is 23.7 Å². The van der Waals surface area contributed by atoms with Gasteiger partial charge in [0.25, 0.3) is 17.7 Å². The van der Waals surface area contributed by atoms with E-state index in [0.717, 1.165) is 41.4 Å². The van der Waals surface area contributed by atoms with Crippen molar-refractivity contribution in [2.75, 3.05) is 18.9 Å². The number of primary amides is 1. The number of nitrogens with zero attached hydrogens (tertiary/aromatic N) is 2. The van der Waals surface area contributed by atoms with Gasteiger partial charge in [-0.05, 0) is 30.8 Å². The molecular formula is C21H20ClN5O3S2. The zero-order chi connectivity index (χ0) is 22.8. The number of anilines is 1. The number of hydrogen-bond acceptors (Lipinski definition) is 7. The minimum absolute atomic E-state index is 0.0875. The topological polar surface area (TPSA) is 117 Å². The fraction of sp³-hybridized carbons (Fsp3) is 0.238. The van der Waals surface area contributed by atoms with Crippen LogP contribution in [0.5, 0.6) is 0 Å². The summed E-state index contributed by atoms with van der Waals surface area (Å²) in [5.74, 6) is -1.41. The minimum Gasteiger partial charge on any atom is -0.366 e. The molecule has 3 heterocycles. The molecule has 0 saturated carbocycles. The molecule has 0 atom stereocenters. The molecule has 4 rings (SSSR count). The second-order valence-electron chi connectivity index (χ2n) is 7.32. The third kappa shape index (κ3) is 4.83. The van der Waals surface area contributed by atoms with Gasteiger partial charge < -0.3 is 21.3 Å². The number of halogens is 1. The molecule has 1 aromatic carbocycles. The van der Waals surface area contributed by atoms with E-state index >= 15 is 0 Å². The third-order valence-electron chi connectivity index (χ3n) is 5.01. The molecule has 3 amide bonds. The SMILES string of the molecule is CN1CCc2nc(C(=O)Nc3c(CNC(=O)c4ccc(Cl)s4)cccc3C(N)=O)sc2C1. The highest BCUT2D eigenvalue weighted by Crippen LogP contribution is 2.27. The molecule has 3 aromatic rings. The molecule has 32 heavy (non-hydrogen) atoms. The normalized spacial score (nSPS) is 13.4. The Labute approximate surface area is 197 Å². The maximum Gasteiger partial charge on any atom is 0.284 e. The van der Waals surface area contributed by atoms with Crippen molar-refractivity contribution in [1.82, 2.24) is 15.2 Å². The molecule has 8 nitrogen and oxygen atoms in total. The molecule has 0 fully saturated rings. The van der Waals surface area contributed by atoms with E-state index in [1.54, 1.807) is 24.3 Å². The van der Waals surface area contributed by atoms with Gasteiger partial charge in [-0.1, -0.05) is 23.7 Å². The smallest absolute Gasteiger partial charge is 0.284 e. The Balaban J connectivity index is 1.56. The van der Waals surface area contributed by atoms with E-state index in [9.17, 15) is 14.4 Å². The van der Waals surface area contributed by atoms with Crippen molar-refractivity contribution in [3.63, 3.8) is 0 Å². The summed E-state index contributed by atoms with van der Waals surface area (Å²) < 4.78 is 0.510. The number of para-hydroxylation sites is 1. The number of likely N-dealkylation sites (N-methyl/N-ethyl adjacent to an activating group) is 1. The summed E-state index contributed by atoms with van der Waals surface area (Å²) in [5.41, 5.74) is 7.44. The van der Waals surface area contributed by atoms with Gasteiger partial charge in [0.05, 0.1) is 26.2 Å². The van der Waals surface area contributed by atoms with Crippen LogP contribution in [0.4, 0.5) is 5.69 Å². The zero-order valence-electron chi connectivity index (χ0n) is 17.1. The van der Waals surface area contributed by atoms with Crippen LogP contribution in [0.25, 0.3) is 0 Å². The van der Waals surface area contributed by atoms with Crippen LogP contribution >= 0.6 is 34.3 Å². The molecule has 0 aliphatic carbocycles. The number of aromatic nitrogens is 1. The van der Waals surface area contributed by atoms with E-state index in [1.807, 2.05) is 7.05 Å². The van der Waals surface area contributed by atoms with Crippen molar-refractivity contribution < 1.29 is 14.4 Å². The molecule has 166 valence electrons.